The Balaban J connectivity index is 1.20. The van der Waals surface area contributed by atoms with Gasteiger partial charge in [0.1, 0.15) is 11.4 Å². The average Bonchev–Trinajstić information content (AvgIpc) is 2.82. The van der Waals surface area contributed by atoms with Gasteiger partial charge in [0, 0.05) is 23.2 Å². The molecule has 6 aliphatic rings. The van der Waals surface area contributed by atoms with Crippen LogP contribution in [0.15, 0.2) is 36.7 Å². The number of nitrogens with zero attached hydrogens (tertiary/aromatic N) is 4. The number of pyridine rings is 2. The van der Waals surface area contributed by atoms with Gasteiger partial charge in [-0.3, -0.25) is 19.9 Å². The van der Waals surface area contributed by atoms with Crippen LogP contribution < -0.4 is 0 Å². The van der Waals surface area contributed by atoms with E-state index in [0.717, 1.165) is 34.6 Å². The van der Waals surface area contributed by atoms with Crippen LogP contribution >= 0.6 is 0 Å². The summed E-state index contributed by atoms with van der Waals surface area (Å²) < 4.78 is 0. The van der Waals surface area contributed by atoms with Crippen LogP contribution in [-0.2, 0) is 12.8 Å². The second kappa shape index (κ2) is 6.03. The van der Waals surface area contributed by atoms with Crippen LogP contribution in [0.2, 0.25) is 0 Å². The summed E-state index contributed by atoms with van der Waals surface area (Å²) in [6.07, 6.45) is 8.63. The lowest BCUT2D eigenvalue weighted by Crippen LogP contribution is -2.48. The van der Waals surface area contributed by atoms with E-state index in [1.165, 1.54) is 48.2 Å². The Morgan fingerprint density at radius 2 is 1.06 bits per heavy atom. The lowest BCUT2D eigenvalue weighted by atomic mass is 9.48. The molecule has 4 bridgehead atoms. The Labute approximate surface area is 190 Å². The van der Waals surface area contributed by atoms with Crippen molar-refractivity contribution in [3.05, 3.63) is 59.2 Å². The number of rotatable bonds is 2. The monoisotopic (exact) mass is 422 g/mol. The maximum Gasteiger partial charge on any atom is 0.107 e. The molecule has 0 aliphatic heterocycles. The topological polar surface area (TPSA) is 51.6 Å². The third-order valence-corrected chi connectivity index (χ3v) is 9.74. The number of aromatic nitrogens is 4. The highest BCUT2D eigenvalue weighted by Crippen LogP contribution is 2.62. The molecule has 4 heteroatoms. The Bertz CT molecular complexity index is 1160. The van der Waals surface area contributed by atoms with Gasteiger partial charge in [-0.2, -0.15) is 0 Å². The summed E-state index contributed by atoms with van der Waals surface area (Å²) in [6.45, 7) is 9.59. The predicted molar refractivity (Wildman–Crippen MR) is 125 cm³/mol. The molecule has 2 fully saturated rings. The van der Waals surface area contributed by atoms with Gasteiger partial charge in [-0.1, -0.05) is 39.8 Å². The molecule has 3 aromatic heterocycles. The Hall–Kier alpha value is -2.62. The van der Waals surface area contributed by atoms with E-state index in [-0.39, 0.29) is 0 Å². The van der Waals surface area contributed by atoms with E-state index >= 15 is 0 Å². The smallest absolute Gasteiger partial charge is 0.107 e. The molecule has 3 aromatic rings. The summed E-state index contributed by atoms with van der Waals surface area (Å²) in [4.78, 5) is 19.6. The normalized spacial score (nSPS) is 29.9. The molecule has 0 aromatic carbocycles. The van der Waals surface area contributed by atoms with Gasteiger partial charge in [0.25, 0.3) is 0 Å². The summed E-state index contributed by atoms with van der Waals surface area (Å²) in [5.41, 5.74) is 9.75. The fraction of sp³-hybridized carbons (Fsp3) is 0.500. The maximum absolute atomic E-state index is 5.07. The summed E-state index contributed by atoms with van der Waals surface area (Å²) in [6, 6.07) is 8.76. The van der Waals surface area contributed by atoms with Gasteiger partial charge in [-0.05, 0) is 71.6 Å². The van der Waals surface area contributed by atoms with E-state index in [1.54, 1.807) is 0 Å². The first-order valence-electron chi connectivity index (χ1n) is 12.1. The van der Waals surface area contributed by atoms with Crippen molar-refractivity contribution >= 4 is 0 Å². The van der Waals surface area contributed by atoms with Crippen LogP contribution in [0.5, 0.6) is 0 Å². The highest BCUT2D eigenvalue weighted by atomic mass is 14.9. The molecular formula is C28H30N4. The zero-order valence-corrected chi connectivity index (χ0v) is 19.4. The minimum Gasteiger partial charge on any atom is -0.251 e. The Morgan fingerprint density at radius 3 is 1.44 bits per heavy atom. The van der Waals surface area contributed by atoms with Crippen molar-refractivity contribution in [2.24, 2.45) is 22.7 Å². The van der Waals surface area contributed by atoms with Crippen molar-refractivity contribution in [2.75, 3.05) is 0 Å². The second-order valence-corrected chi connectivity index (χ2v) is 11.8. The van der Waals surface area contributed by atoms with Crippen molar-refractivity contribution in [1.82, 2.24) is 19.9 Å². The number of hydrogen-bond donors (Lipinski definition) is 0. The summed E-state index contributed by atoms with van der Waals surface area (Å²) >= 11 is 0. The average molecular weight is 423 g/mol. The molecule has 3 heterocycles. The Kier molecular flexibility index (Phi) is 3.56. The van der Waals surface area contributed by atoms with Crippen LogP contribution in [0.1, 0.15) is 74.9 Å². The largest absolute Gasteiger partial charge is 0.251 e. The number of hydrogen-bond acceptors (Lipinski definition) is 4. The van der Waals surface area contributed by atoms with E-state index in [2.05, 4.69) is 52.0 Å². The van der Waals surface area contributed by atoms with E-state index in [1.807, 2.05) is 12.4 Å². The zero-order chi connectivity index (χ0) is 21.8. The molecule has 2 saturated carbocycles. The second-order valence-electron chi connectivity index (χ2n) is 11.8. The van der Waals surface area contributed by atoms with Crippen molar-refractivity contribution < 1.29 is 0 Å². The van der Waals surface area contributed by atoms with Gasteiger partial charge in [0.05, 0.1) is 23.8 Å². The molecule has 0 N–H and O–H groups in total. The van der Waals surface area contributed by atoms with Crippen molar-refractivity contribution in [3.63, 3.8) is 0 Å². The lowest BCUT2D eigenvalue weighted by molar-refractivity contribution is 0.0155. The van der Waals surface area contributed by atoms with E-state index in [4.69, 9.17) is 19.9 Å². The minimum absolute atomic E-state index is 0.376. The SMILES string of the molecule is CC1(C)[C@H]2Cc3ccc(-c4cnc(-c5ccc6c(n5)[C@@H]5C[C@H](C6)C5(C)C)cn4)nc3[C@@H]1C2. The molecule has 6 aliphatic carbocycles. The fourth-order valence-corrected chi connectivity index (χ4v) is 7.02. The summed E-state index contributed by atoms with van der Waals surface area (Å²) in [5, 5.41) is 0. The van der Waals surface area contributed by atoms with Gasteiger partial charge < -0.3 is 0 Å². The predicted octanol–water partition coefficient (Wildman–Crippen LogP) is 5.97. The molecule has 0 radical (unpaired) electrons. The van der Waals surface area contributed by atoms with E-state index in [0.29, 0.717) is 22.7 Å². The molecule has 0 amide bonds. The van der Waals surface area contributed by atoms with Gasteiger partial charge in [-0.15, -0.1) is 0 Å². The van der Waals surface area contributed by atoms with E-state index < -0.39 is 0 Å². The van der Waals surface area contributed by atoms with Crippen LogP contribution in [-0.4, -0.2) is 19.9 Å². The highest BCUT2D eigenvalue weighted by Gasteiger charge is 2.54. The first kappa shape index (κ1) is 18.9. The third-order valence-electron chi connectivity index (χ3n) is 9.74. The van der Waals surface area contributed by atoms with Crippen molar-refractivity contribution in [3.8, 4) is 22.8 Å². The van der Waals surface area contributed by atoms with Crippen LogP contribution in [0, 0.1) is 22.7 Å². The molecule has 4 atom stereocenters. The molecule has 0 unspecified atom stereocenters. The quantitative estimate of drug-likeness (QED) is 0.510. The van der Waals surface area contributed by atoms with Crippen LogP contribution in [0.4, 0.5) is 0 Å². The van der Waals surface area contributed by atoms with Gasteiger partial charge in [0.15, 0.2) is 0 Å². The summed E-state index contributed by atoms with van der Waals surface area (Å²) in [7, 11) is 0. The van der Waals surface area contributed by atoms with Gasteiger partial charge >= 0.3 is 0 Å². The van der Waals surface area contributed by atoms with Gasteiger partial charge in [-0.25, -0.2) is 0 Å². The molecule has 0 spiro atoms. The van der Waals surface area contributed by atoms with Crippen LogP contribution in [0.25, 0.3) is 22.8 Å². The molecule has 32 heavy (non-hydrogen) atoms. The van der Waals surface area contributed by atoms with Crippen LogP contribution in [0.3, 0.4) is 0 Å². The first-order valence-corrected chi connectivity index (χ1v) is 12.1. The molecule has 9 rings (SSSR count). The summed E-state index contributed by atoms with van der Waals surface area (Å²) in [5.74, 6) is 2.79. The molecule has 162 valence electrons. The first-order chi connectivity index (χ1) is 15.3. The molecule has 4 nitrogen and oxygen atoms in total. The fourth-order valence-electron chi connectivity index (χ4n) is 7.02. The van der Waals surface area contributed by atoms with E-state index in [9.17, 15) is 0 Å². The lowest BCUT2D eigenvalue weighted by Gasteiger charge is -2.56. The maximum atomic E-state index is 5.07. The van der Waals surface area contributed by atoms with Gasteiger partial charge in [0.2, 0.25) is 0 Å². The van der Waals surface area contributed by atoms with Crippen molar-refractivity contribution in [1.29, 1.82) is 0 Å². The molecular weight excluding hydrogens is 392 g/mol. The zero-order valence-electron chi connectivity index (χ0n) is 19.4. The highest BCUT2D eigenvalue weighted by molar-refractivity contribution is 5.60. The standard InChI is InChI=1S/C28H30N4/c1-27(2)17-9-15-5-7-21(31-25(15)19(27)11-17)23-13-30-24(14-29-23)22-8-6-16-10-18-12-20(26(16)32-22)28(18,3)4/h5-8,13-14,17-20H,9-12H2,1-4H3/t17-,18-,19-,20-/m0/s1. The minimum atomic E-state index is 0.376. The van der Waals surface area contributed by atoms with Crippen molar-refractivity contribution in [2.45, 2.75) is 65.2 Å². The molecule has 0 saturated heterocycles. The third kappa shape index (κ3) is 2.39. The Morgan fingerprint density at radius 1 is 0.625 bits per heavy atom.